The summed E-state index contributed by atoms with van der Waals surface area (Å²) in [6, 6.07) is 17.1. The lowest BCUT2D eigenvalue weighted by atomic mass is 9.81. The SMILES string of the molecule is CC1(C)c2ccccc2-c2cnc3ccccc3c21. The molecule has 0 fully saturated rings. The van der Waals surface area contributed by atoms with Gasteiger partial charge in [0.15, 0.2) is 0 Å². The van der Waals surface area contributed by atoms with Crippen molar-refractivity contribution in [1.29, 1.82) is 0 Å². The van der Waals surface area contributed by atoms with E-state index in [1.807, 2.05) is 6.20 Å². The Balaban J connectivity index is 2.20. The van der Waals surface area contributed by atoms with Gasteiger partial charge in [-0.1, -0.05) is 56.3 Å². The molecule has 0 saturated carbocycles. The van der Waals surface area contributed by atoms with E-state index in [1.54, 1.807) is 0 Å². The van der Waals surface area contributed by atoms with Gasteiger partial charge in [-0.2, -0.15) is 0 Å². The van der Waals surface area contributed by atoms with Crippen molar-refractivity contribution in [3.05, 3.63) is 65.9 Å². The molecule has 0 N–H and O–H groups in total. The summed E-state index contributed by atoms with van der Waals surface area (Å²) in [4.78, 5) is 4.62. The first-order chi connectivity index (χ1) is 9.19. The van der Waals surface area contributed by atoms with Crippen LogP contribution in [0.25, 0.3) is 22.0 Å². The smallest absolute Gasteiger partial charge is 0.0705 e. The molecular weight excluding hydrogens is 230 g/mol. The third-order valence-electron chi connectivity index (χ3n) is 4.29. The minimum absolute atomic E-state index is 0.0501. The Kier molecular flexibility index (Phi) is 1.95. The van der Waals surface area contributed by atoms with Crippen LogP contribution in [-0.4, -0.2) is 4.98 Å². The van der Waals surface area contributed by atoms with Crippen LogP contribution in [0.5, 0.6) is 0 Å². The molecule has 1 aromatic heterocycles. The van der Waals surface area contributed by atoms with Gasteiger partial charge in [-0.05, 0) is 22.8 Å². The van der Waals surface area contributed by atoms with Crippen LogP contribution in [0.4, 0.5) is 0 Å². The second-order valence-electron chi connectivity index (χ2n) is 5.73. The summed E-state index contributed by atoms with van der Waals surface area (Å²) in [6.45, 7) is 4.62. The van der Waals surface area contributed by atoms with Crippen LogP contribution in [0.2, 0.25) is 0 Å². The number of aromatic nitrogens is 1. The molecule has 0 atom stereocenters. The van der Waals surface area contributed by atoms with Crippen LogP contribution < -0.4 is 0 Å². The highest BCUT2D eigenvalue weighted by atomic mass is 14.7. The molecule has 1 heterocycles. The van der Waals surface area contributed by atoms with Crippen molar-refractivity contribution in [2.75, 3.05) is 0 Å². The molecule has 0 amide bonds. The molecule has 0 spiro atoms. The van der Waals surface area contributed by atoms with Gasteiger partial charge < -0.3 is 0 Å². The number of hydrogen-bond acceptors (Lipinski definition) is 1. The Morgan fingerprint density at radius 3 is 2.47 bits per heavy atom. The first-order valence-corrected chi connectivity index (χ1v) is 6.68. The average Bonchev–Trinajstić information content (AvgIpc) is 2.68. The summed E-state index contributed by atoms with van der Waals surface area (Å²) in [7, 11) is 0. The summed E-state index contributed by atoms with van der Waals surface area (Å²) < 4.78 is 0. The highest BCUT2D eigenvalue weighted by Crippen LogP contribution is 2.50. The topological polar surface area (TPSA) is 12.9 Å². The second-order valence-corrected chi connectivity index (χ2v) is 5.73. The van der Waals surface area contributed by atoms with E-state index in [0.717, 1.165) is 5.52 Å². The Bertz CT molecular complexity index is 800. The molecule has 1 aliphatic carbocycles. The fourth-order valence-corrected chi connectivity index (χ4v) is 3.42. The van der Waals surface area contributed by atoms with E-state index in [-0.39, 0.29) is 5.41 Å². The van der Waals surface area contributed by atoms with Crippen LogP contribution in [0, 0.1) is 0 Å². The molecule has 2 aromatic carbocycles. The fraction of sp³-hybridized carbons (Fsp3) is 0.167. The number of hydrogen-bond donors (Lipinski definition) is 0. The zero-order chi connectivity index (χ0) is 13.0. The van der Waals surface area contributed by atoms with Gasteiger partial charge in [-0.15, -0.1) is 0 Å². The summed E-state index contributed by atoms with van der Waals surface area (Å²) in [5.41, 5.74) is 6.58. The van der Waals surface area contributed by atoms with Gasteiger partial charge in [-0.3, -0.25) is 4.98 Å². The predicted molar refractivity (Wildman–Crippen MR) is 79.3 cm³/mol. The van der Waals surface area contributed by atoms with Gasteiger partial charge in [0.1, 0.15) is 0 Å². The van der Waals surface area contributed by atoms with E-state index in [0.29, 0.717) is 0 Å². The third kappa shape index (κ3) is 1.27. The van der Waals surface area contributed by atoms with E-state index in [9.17, 15) is 0 Å². The van der Waals surface area contributed by atoms with Crippen molar-refractivity contribution in [2.24, 2.45) is 0 Å². The van der Waals surface area contributed by atoms with Gasteiger partial charge in [0, 0.05) is 22.6 Å². The quantitative estimate of drug-likeness (QED) is 0.566. The summed E-state index contributed by atoms with van der Waals surface area (Å²) in [5.74, 6) is 0. The number of nitrogens with zero attached hydrogens (tertiary/aromatic N) is 1. The highest BCUT2D eigenvalue weighted by Gasteiger charge is 2.36. The van der Waals surface area contributed by atoms with Gasteiger partial charge in [0.2, 0.25) is 0 Å². The molecule has 4 rings (SSSR count). The summed E-state index contributed by atoms with van der Waals surface area (Å²) in [5, 5.41) is 1.28. The maximum atomic E-state index is 4.62. The Morgan fingerprint density at radius 1 is 0.842 bits per heavy atom. The van der Waals surface area contributed by atoms with Gasteiger partial charge in [-0.25, -0.2) is 0 Å². The van der Waals surface area contributed by atoms with Gasteiger partial charge >= 0.3 is 0 Å². The zero-order valence-electron chi connectivity index (χ0n) is 11.1. The molecule has 1 nitrogen and oxygen atoms in total. The van der Waals surface area contributed by atoms with Crippen molar-refractivity contribution in [2.45, 2.75) is 19.3 Å². The molecule has 19 heavy (non-hydrogen) atoms. The number of benzene rings is 2. The van der Waals surface area contributed by atoms with Crippen LogP contribution in [0.15, 0.2) is 54.7 Å². The average molecular weight is 245 g/mol. The molecule has 3 aromatic rings. The van der Waals surface area contributed by atoms with Crippen molar-refractivity contribution >= 4 is 10.9 Å². The summed E-state index contributed by atoms with van der Waals surface area (Å²) in [6.07, 6.45) is 2.03. The molecule has 0 bridgehead atoms. The molecular formula is C18H15N. The molecule has 1 aliphatic rings. The van der Waals surface area contributed by atoms with Crippen molar-refractivity contribution in [3.63, 3.8) is 0 Å². The standard InChI is InChI=1S/C18H15N/c1-18(2)15-9-5-3-7-12(15)14-11-19-16-10-6-4-8-13(16)17(14)18/h3-11H,1-2H3. The Hall–Kier alpha value is -2.15. The van der Waals surface area contributed by atoms with E-state index < -0.39 is 0 Å². The Morgan fingerprint density at radius 2 is 1.58 bits per heavy atom. The number of pyridine rings is 1. The minimum atomic E-state index is 0.0501. The molecule has 1 heteroatoms. The van der Waals surface area contributed by atoms with E-state index >= 15 is 0 Å². The third-order valence-corrected chi connectivity index (χ3v) is 4.29. The largest absolute Gasteiger partial charge is 0.256 e. The lowest BCUT2D eigenvalue weighted by Gasteiger charge is -2.22. The van der Waals surface area contributed by atoms with E-state index in [1.165, 1.54) is 27.6 Å². The van der Waals surface area contributed by atoms with Crippen molar-refractivity contribution in [3.8, 4) is 11.1 Å². The number of para-hydroxylation sites is 1. The van der Waals surface area contributed by atoms with Crippen molar-refractivity contribution in [1.82, 2.24) is 4.98 Å². The van der Waals surface area contributed by atoms with E-state index in [4.69, 9.17) is 0 Å². The fourth-order valence-electron chi connectivity index (χ4n) is 3.42. The molecule has 0 unspecified atom stereocenters. The molecule has 0 aliphatic heterocycles. The van der Waals surface area contributed by atoms with Crippen LogP contribution in [-0.2, 0) is 5.41 Å². The maximum Gasteiger partial charge on any atom is 0.0705 e. The lowest BCUT2D eigenvalue weighted by Crippen LogP contribution is -2.15. The van der Waals surface area contributed by atoms with E-state index in [2.05, 4.69) is 67.4 Å². The number of rotatable bonds is 0. The molecule has 0 saturated heterocycles. The predicted octanol–water partition coefficient (Wildman–Crippen LogP) is 4.54. The zero-order valence-corrected chi connectivity index (χ0v) is 11.1. The molecule has 92 valence electrons. The lowest BCUT2D eigenvalue weighted by molar-refractivity contribution is 0.666. The van der Waals surface area contributed by atoms with Gasteiger partial charge in [0.25, 0.3) is 0 Å². The first kappa shape index (κ1) is 10.7. The van der Waals surface area contributed by atoms with Crippen LogP contribution >= 0.6 is 0 Å². The monoisotopic (exact) mass is 245 g/mol. The van der Waals surface area contributed by atoms with Crippen molar-refractivity contribution < 1.29 is 0 Å². The van der Waals surface area contributed by atoms with Gasteiger partial charge in [0.05, 0.1) is 5.52 Å². The van der Waals surface area contributed by atoms with Crippen LogP contribution in [0.1, 0.15) is 25.0 Å². The minimum Gasteiger partial charge on any atom is -0.256 e. The highest BCUT2D eigenvalue weighted by molar-refractivity contribution is 5.94. The summed E-state index contributed by atoms with van der Waals surface area (Å²) >= 11 is 0. The Labute approximate surface area is 112 Å². The molecule has 0 radical (unpaired) electrons. The second kappa shape index (κ2) is 3.45. The normalized spacial score (nSPS) is 15.3. The van der Waals surface area contributed by atoms with Crippen LogP contribution in [0.3, 0.4) is 0 Å². The number of fused-ring (bicyclic) bond motifs is 5. The maximum absolute atomic E-state index is 4.62. The first-order valence-electron chi connectivity index (χ1n) is 6.68.